The number of nitrogens with zero attached hydrogens (tertiary/aromatic N) is 2. The monoisotopic (exact) mass is 295 g/mol. The highest BCUT2D eigenvalue weighted by atomic mass is 32.1. The molecule has 2 rings (SSSR count). The lowest BCUT2D eigenvalue weighted by molar-refractivity contribution is 0.0682. The van der Waals surface area contributed by atoms with Crippen LogP contribution < -0.4 is 5.32 Å². The van der Waals surface area contributed by atoms with Crippen molar-refractivity contribution in [2.24, 2.45) is 5.92 Å². The van der Waals surface area contributed by atoms with Gasteiger partial charge in [-0.05, 0) is 38.8 Å². The fraction of sp³-hybridized carbons (Fsp3) is 0.733. The van der Waals surface area contributed by atoms with Crippen molar-refractivity contribution in [1.82, 2.24) is 15.2 Å². The van der Waals surface area contributed by atoms with Gasteiger partial charge >= 0.3 is 0 Å². The molecule has 1 N–H and O–H groups in total. The van der Waals surface area contributed by atoms with Crippen molar-refractivity contribution < 1.29 is 4.79 Å². The van der Waals surface area contributed by atoms with Crippen molar-refractivity contribution in [3.8, 4) is 0 Å². The molecular weight excluding hydrogens is 270 g/mol. The van der Waals surface area contributed by atoms with E-state index in [0.29, 0.717) is 11.6 Å². The fourth-order valence-electron chi connectivity index (χ4n) is 2.59. The molecule has 1 amide bonds. The summed E-state index contributed by atoms with van der Waals surface area (Å²) >= 11 is 1.59. The molecule has 1 aromatic heterocycles. The minimum atomic E-state index is 0.111. The highest BCUT2D eigenvalue weighted by Gasteiger charge is 2.24. The molecule has 0 aliphatic carbocycles. The summed E-state index contributed by atoms with van der Waals surface area (Å²) in [6, 6.07) is 0. The van der Waals surface area contributed by atoms with Crippen molar-refractivity contribution in [2.45, 2.75) is 39.0 Å². The zero-order chi connectivity index (χ0) is 14.5. The summed E-state index contributed by atoms with van der Waals surface area (Å²) in [5, 5.41) is 6.16. The summed E-state index contributed by atoms with van der Waals surface area (Å²) in [5.74, 6) is 1.27. The smallest absolute Gasteiger partial charge is 0.273 e. The first-order chi connectivity index (χ1) is 9.61. The van der Waals surface area contributed by atoms with E-state index in [0.717, 1.165) is 43.4 Å². The van der Waals surface area contributed by atoms with Gasteiger partial charge in [-0.1, -0.05) is 13.8 Å². The van der Waals surface area contributed by atoms with Crippen LogP contribution in [-0.2, 0) is 0 Å². The molecule has 0 aromatic carbocycles. The number of hydrogen-bond acceptors (Lipinski definition) is 4. The zero-order valence-electron chi connectivity index (χ0n) is 12.7. The Morgan fingerprint density at radius 1 is 1.50 bits per heavy atom. The fourth-order valence-corrected chi connectivity index (χ4v) is 3.40. The molecule has 5 heteroatoms. The van der Waals surface area contributed by atoms with E-state index in [9.17, 15) is 4.79 Å². The first-order valence-electron chi connectivity index (χ1n) is 7.51. The number of aromatic nitrogens is 1. The number of nitrogens with one attached hydrogen (secondary N) is 1. The van der Waals surface area contributed by atoms with Gasteiger partial charge in [0, 0.05) is 24.4 Å². The van der Waals surface area contributed by atoms with Gasteiger partial charge in [0.2, 0.25) is 0 Å². The quantitative estimate of drug-likeness (QED) is 0.908. The third-order valence-electron chi connectivity index (χ3n) is 3.94. The SMILES string of the molecule is CNCCC1CCN(C(=O)c2csc(C(C)C)n2)CC1. The Labute approximate surface area is 125 Å². The number of amides is 1. The number of carbonyl (C=O) groups excluding carboxylic acids is 1. The molecule has 0 saturated carbocycles. The van der Waals surface area contributed by atoms with E-state index < -0.39 is 0 Å². The maximum absolute atomic E-state index is 12.4. The van der Waals surface area contributed by atoms with Gasteiger partial charge in [-0.25, -0.2) is 4.98 Å². The summed E-state index contributed by atoms with van der Waals surface area (Å²) in [6.45, 7) is 7.05. The van der Waals surface area contributed by atoms with Crippen LogP contribution >= 0.6 is 11.3 Å². The van der Waals surface area contributed by atoms with Crippen LogP contribution in [0.2, 0.25) is 0 Å². The summed E-state index contributed by atoms with van der Waals surface area (Å²) in [4.78, 5) is 18.9. The van der Waals surface area contributed by atoms with Gasteiger partial charge < -0.3 is 10.2 Å². The predicted molar refractivity (Wildman–Crippen MR) is 83.4 cm³/mol. The average Bonchev–Trinajstić information content (AvgIpc) is 2.95. The van der Waals surface area contributed by atoms with Crippen LogP contribution in [0.4, 0.5) is 0 Å². The lowest BCUT2D eigenvalue weighted by atomic mass is 9.93. The number of hydrogen-bond donors (Lipinski definition) is 1. The van der Waals surface area contributed by atoms with Gasteiger partial charge in [0.1, 0.15) is 5.69 Å². The Bertz CT molecular complexity index is 436. The standard InChI is InChI=1S/C15H25N3OS/c1-11(2)14-17-13(10-20-14)15(19)18-8-5-12(6-9-18)4-7-16-3/h10-12,16H,4-9H2,1-3H3. The molecule has 0 unspecified atom stereocenters. The minimum absolute atomic E-state index is 0.111. The molecule has 0 bridgehead atoms. The van der Waals surface area contributed by atoms with E-state index in [1.54, 1.807) is 11.3 Å². The highest BCUT2D eigenvalue weighted by Crippen LogP contribution is 2.23. The normalized spacial score (nSPS) is 16.9. The molecule has 4 nitrogen and oxygen atoms in total. The van der Waals surface area contributed by atoms with E-state index >= 15 is 0 Å². The van der Waals surface area contributed by atoms with Crippen LogP contribution in [-0.4, -0.2) is 42.5 Å². The number of likely N-dealkylation sites (tertiary alicyclic amines) is 1. The van der Waals surface area contributed by atoms with Crippen LogP contribution in [0.15, 0.2) is 5.38 Å². The predicted octanol–water partition coefficient (Wildman–Crippen LogP) is 2.73. The summed E-state index contributed by atoms with van der Waals surface area (Å²) in [6.07, 6.45) is 3.45. The van der Waals surface area contributed by atoms with Crippen LogP contribution in [0, 0.1) is 5.92 Å². The van der Waals surface area contributed by atoms with Crippen LogP contribution in [0.3, 0.4) is 0 Å². The Hall–Kier alpha value is -0.940. The van der Waals surface area contributed by atoms with Gasteiger partial charge in [-0.2, -0.15) is 0 Å². The van der Waals surface area contributed by atoms with Crippen LogP contribution in [0.1, 0.15) is 54.5 Å². The van der Waals surface area contributed by atoms with Gasteiger partial charge in [0.05, 0.1) is 5.01 Å². The van der Waals surface area contributed by atoms with Crippen LogP contribution in [0.5, 0.6) is 0 Å². The third-order valence-corrected chi connectivity index (χ3v) is 5.08. The first kappa shape index (κ1) is 15.4. The molecule has 1 saturated heterocycles. The number of thiazole rings is 1. The summed E-state index contributed by atoms with van der Waals surface area (Å²) in [5.41, 5.74) is 0.632. The van der Waals surface area contributed by atoms with Crippen molar-refractivity contribution >= 4 is 17.2 Å². The van der Waals surface area contributed by atoms with Crippen LogP contribution in [0.25, 0.3) is 0 Å². The molecule has 20 heavy (non-hydrogen) atoms. The maximum atomic E-state index is 12.4. The zero-order valence-corrected chi connectivity index (χ0v) is 13.5. The molecule has 0 radical (unpaired) electrons. The maximum Gasteiger partial charge on any atom is 0.273 e. The minimum Gasteiger partial charge on any atom is -0.337 e. The van der Waals surface area contributed by atoms with E-state index in [1.165, 1.54) is 6.42 Å². The number of carbonyl (C=O) groups is 1. The second-order valence-corrected chi connectivity index (χ2v) is 6.74. The summed E-state index contributed by atoms with van der Waals surface area (Å²) in [7, 11) is 1.99. The topological polar surface area (TPSA) is 45.2 Å². The largest absolute Gasteiger partial charge is 0.337 e. The lowest BCUT2D eigenvalue weighted by Crippen LogP contribution is -2.39. The second-order valence-electron chi connectivity index (χ2n) is 5.85. The highest BCUT2D eigenvalue weighted by molar-refractivity contribution is 7.09. The van der Waals surface area contributed by atoms with Crippen molar-refractivity contribution in [3.05, 3.63) is 16.1 Å². The van der Waals surface area contributed by atoms with Gasteiger partial charge in [-0.3, -0.25) is 4.79 Å². The van der Waals surface area contributed by atoms with E-state index in [2.05, 4.69) is 24.1 Å². The first-order valence-corrected chi connectivity index (χ1v) is 8.39. The van der Waals surface area contributed by atoms with Gasteiger partial charge in [0.15, 0.2) is 0 Å². The molecule has 1 aliphatic heterocycles. The van der Waals surface area contributed by atoms with Crippen molar-refractivity contribution in [2.75, 3.05) is 26.7 Å². The van der Waals surface area contributed by atoms with Gasteiger partial charge in [0.25, 0.3) is 5.91 Å². The van der Waals surface area contributed by atoms with Crippen molar-refractivity contribution in [3.63, 3.8) is 0 Å². The van der Waals surface area contributed by atoms with E-state index in [-0.39, 0.29) is 5.91 Å². The molecule has 0 atom stereocenters. The number of rotatable bonds is 5. The molecule has 112 valence electrons. The number of piperidine rings is 1. The van der Waals surface area contributed by atoms with Crippen molar-refractivity contribution in [1.29, 1.82) is 0 Å². The van der Waals surface area contributed by atoms with Gasteiger partial charge in [-0.15, -0.1) is 11.3 Å². The molecule has 2 heterocycles. The van der Waals surface area contributed by atoms with E-state index in [1.807, 2.05) is 17.3 Å². The molecular formula is C15H25N3OS. The summed E-state index contributed by atoms with van der Waals surface area (Å²) < 4.78 is 0. The molecule has 1 aliphatic rings. The second kappa shape index (κ2) is 7.18. The Morgan fingerprint density at radius 3 is 2.75 bits per heavy atom. The Balaban J connectivity index is 1.87. The lowest BCUT2D eigenvalue weighted by Gasteiger charge is -2.31. The third kappa shape index (κ3) is 3.79. The Kier molecular flexibility index (Phi) is 5.54. The Morgan fingerprint density at radius 2 is 2.20 bits per heavy atom. The molecule has 1 aromatic rings. The molecule has 0 spiro atoms. The van der Waals surface area contributed by atoms with E-state index in [4.69, 9.17) is 0 Å². The molecule has 1 fully saturated rings. The average molecular weight is 295 g/mol.